The van der Waals surface area contributed by atoms with Gasteiger partial charge in [-0.25, -0.2) is 0 Å². The SMILES string of the molecule is CN1c2cc3ccccc3cc2P(c2ccccc2)c2cc3cncnc3cc2N(C)c2cc3ncncc3cc2[PH](C)(c2ccccc2)c2cc3ccccc3cc21. The Labute approximate surface area is 345 Å². The van der Waals surface area contributed by atoms with Crippen molar-refractivity contribution in [3.8, 4) is 0 Å². The molecule has 1 unspecified atom stereocenters. The molecule has 0 radical (unpaired) electrons. The van der Waals surface area contributed by atoms with E-state index < -0.39 is 15.2 Å². The van der Waals surface area contributed by atoms with Crippen LogP contribution >= 0.6 is 15.2 Å². The van der Waals surface area contributed by atoms with Gasteiger partial charge in [0.05, 0.1) is 0 Å². The van der Waals surface area contributed by atoms with E-state index in [-0.39, 0.29) is 0 Å². The predicted octanol–water partition coefficient (Wildman–Crippen LogP) is 9.14. The Bertz CT molecular complexity index is 3070. The summed E-state index contributed by atoms with van der Waals surface area (Å²) in [6.45, 7) is 2.53. The number of nitrogens with zero attached hydrogens (tertiary/aromatic N) is 6. The predicted molar refractivity (Wildman–Crippen MR) is 255 cm³/mol. The Hall–Kier alpha value is -6.58. The van der Waals surface area contributed by atoms with Crippen molar-refractivity contribution in [2.75, 3.05) is 30.6 Å². The van der Waals surface area contributed by atoms with Crippen molar-refractivity contribution in [2.24, 2.45) is 0 Å². The molecular formula is C51H40N6P2. The molecule has 0 saturated heterocycles. The Morgan fingerprint density at radius 3 is 1.47 bits per heavy atom. The van der Waals surface area contributed by atoms with Crippen LogP contribution in [0.3, 0.4) is 0 Å². The van der Waals surface area contributed by atoms with Gasteiger partial charge in [0.25, 0.3) is 0 Å². The maximum absolute atomic E-state index is 4.85. The van der Waals surface area contributed by atoms with Crippen LogP contribution in [-0.2, 0) is 0 Å². The average Bonchev–Trinajstić information content (AvgIpc) is 3.30. The van der Waals surface area contributed by atoms with Crippen molar-refractivity contribution in [1.82, 2.24) is 19.9 Å². The topological polar surface area (TPSA) is 58.0 Å². The van der Waals surface area contributed by atoms with Gasteiger partial charge in [-0.2, -0.15) is 0 Å². The van der Waals surface area contributed by atoms with Crippen LogP contribution in [0.25, 0.3) is 43.4 Å². The quantitative estimate of drug-likeness (QED) is 0.163. The summed E-state index contributed by atoms with van der Waals surface area (Å²) in [5.41, 5.74) is 6.42. The molecule has 0 bridgehead atoms. The molecule has 0 spiro atoms. The van der Waals surface area contributed by atoms with Gasteiger partial charge >= 0.3 is 346 Å². The summed E-state index contributed by atoms with van der Waals surface area (Å²) < 4.78 is 0. The molecule has 0 N–H and O–H groups in total. The summed E-state index contributed by atoms with van der Waals surface area (Å²) in [7, 11) is 0.414. The van der Waals surface area contributed by atoms with E-state index in [0.29, 0.717) is 0 Å². The first-order valence-electron chi connectivity index (χ1n) is 19.9. The Kier molecular flexibility index (Phi) is 8.48. The summed E-state index contributed by atoms with van der Waals surface area (Å²) in [5.74, 6) is 0. The number of fused-ring (bicyclic) bond motifs is 8. The summed E-state index contributed by atoms with van der Waals surface area (Å²) in [4.78, 5) is 23.7. The van der Waals surface area contributed by atoms with Gasteiger partial charge < -0.3 is 0 Å². The monoisotopic (exact) mass is 798 g/mol. The molecule has 3 heterocycles. The van der Waals surface area contributed by atoms with Gasteiger partial charge in [-0.15, -0.1) is 0 Å². The van der Waals surface area contributed by atoms with E-state index in [9.17, 15) is 0 Å². The van der Waals surface area contributed by atoms with Crippen LogP contribution in [-0.4, -0.2) is 40.7 Å². The van der Waals surface area contributed by atoms with Gasteiger partial charge in [-0.1, -0.05) is 0 Å². The van der Waals surface area contributed by atoms with E-state index in [1.165, 1.54) is 64.7 Å². The van der Waals surface area contributed by atoms with Gasteiger partial charge in [-0.05, 0) is 0 Å². The van der Waals surface area contributed by atoms with Gasteiger partial charge in [0, 0.05) is 0 Å². The summed E-state index contributed by atoms with van der Waals surface area (Å²) in [6, 6.07) is 58.9. The number of hydrogen-bond donors (Lipinski definition) is 0. The van der Waals surface area contributed by atoms with Crippen molar-refractivity contribution in [3.63, 3.8) is 0 Å². The fraction of sp³-hybridized carbons (Fsp3) is 0.0588. The summed E-state index contributed by atoms with van der Waals surface area (Å²) in [5, 5.41) is 14.6. The molecule has 59 heavy (non-hydrogen) atoms. The minimum absolute atomic E-state index is 0.904. The van der Waals surface area contributed by atoms with E-state index in [2.05, 4.69) is 198 Å². The number of aromatic nitrogens is 4. The van der Waals surface area contributed by atoms with Crippen LogP contribution < -0.4 is 41.6 Å². The molecule has 2 aromatic heterocycles. The zero-order chi connectivity index (χ0) is 39.7. The van der Waals surface area contributed by atoms with Gasteiger partial charge in [0.2, 0.25) is 0 Å². The first kappa shape index (κ1) is 35.6. The Balaban J connectivity index is 1.37. The van der Waals surface area contributed by atoms with Crippen LogP contribution in [0.1, 0.15) is 0 Å². The molecule has 8 heteroatoms. The Morgan fingerprint density at radius 2 is 0.864 bits per heavy atom. The van der Waals surface area contributed by atoms with Crippen LogP contribution in [0.2, 0.25) is 0 Å². The van der Waals surface area contributed by atoms with E-state index in [1.54, 1.807) is 12.7 Å². The van der Waals surface area contributed by atoms with Gasteiger partial charge in [-0.3, -0.25) is 0 Å². The van der Waals surface area contributed by atoms with Crippen molar-refractivity contribution in [1.29, 1.82) is 0 Å². The standard InChI is InChI=1S/C51H40N6P2/c1-56-44-22-34-14-10-12-16-36(34)24-48(44)58(40-18-6-4-7-19-40)49-25-38-30-52-32-54-42(38)28-45(49)57(2)47-29-43-39(31-53-33-55-43)27-51(47)59(3,41-20-8-5-9-21-41)50-26-37-17-13-11-15-35(37)23-46(50)56/h4-33,59H,1-3H3. The maximum atomic E-state index is 4.85. The molecule has 8 aromatic carbocycles. The van der Waals surface area contributed by atoms with Gasteiger partial charge in [0.15, 0.2) is 0 Å². The second-order valence-corrected chi connectivity index (χ2v) is 21.6. The van der Waals surface area contributed by atoms with Crippen LogP contribution in [0.4, 0.5) is 22.7 Å². The van der Waals surface area contributed by atoms with Crippen LogP contribution in [0.5, 0.6) is 0 Å². The van der Waals surface area contributed by atoms with E-state index in [0.717, 1.165) is 33.2 Å². The van der Waals surface area contributed by atoms with Crippen molar-refractivity contribution in [2.45, 2.75) is 0 Å². The van der Waals surface area contributed by atoms with E-state index in [1.807, 2.05) is 12.4 Å². The van der Waals surface area contributed by atoms with Crippen LogP contribution in [0.15, 0.2) is 183 Å². The number of benzene rings is 8. The first-order valence-corrected chi connectivity index (χ1v) is 23.7. The molecule has 284 valence electrons. The molecule has 1 atom stereocenters. The molecule has 10 aromatic rings. The van der Waals surface area contributed by atoms with E-state index in [4.69, 9.17) is 9.97 Å². The number of rotatable bonds is 2. The van der Waals surface area contributed by atoms with Crippen LogP contribution in [0, 0.1) is 0 Å². The molecular weight excluding hydrogens is 759 g/mol. The third kappa shape index (κ3) is 5.78. The summed E-state index contributed by atoms with van der Waals surface area (Å²) >= 11 is 0. The molecule has 0 saturated carbocycles. The third-order valence-corrected chi connectivity index (χ3v) is 19.2. The second-order valence-electron chi connectivity index (χ2n) is 15.6. The molecule has 11 rings (SSSR count). The fourth-order valence-corrected chi connectivity index (χ4v) is 16.1. The summed E-state index contributed by atoms with van der Waals surface area (Å²) in [6.07, 6.45) is 7.21. The van der Waals surface area contributed by atoms with E-state index >= 15 is 0 Å². The van der Waals surface area contributed by atoms with Crippen molar-refractivity contribution in [3.05, 3.63) is 183 Å². The first-order chi connectivity index (χ1) is 29.0. The fourth-order valence-electron chi connectivity index (χ4n) is 9.19. The third-order valence-electron chi connectivity index (χ3n) is 12.3. The van der Waals surface area contributed by atoms with Crippen molar-refractivity contribution >= 4 is 113 Å². The molecule has 1 aliphatic heterocycles. The molecule has 6 nitrogen and oxygen atoms in total. The normalized spacial score (nSPS) is 15.5. The zero-order valence-corrected chi connectivity index (χ0v) is 34.8. The molecule has 1 aliphatic rings. The number of hydrogen-bond acceptors (Lipinski definition) is 6. The molecule has 0 amide bonds. The number of anilines is 4. The van der Waals surface area contributed by atoms with Gasteiger partial charge in [0.1, 0.15) is 0 Å². The minimum atomic E-state index is -2.94. The zero-order valence-electron chi connectivity index (χ0n) is 33.0. The molecule has 0 aliphatic carbocycles. The molecule has 0 fully saturated rings. The second kappa shape index (κ2) is 14.1. The van der Waals surface area contributed by atoms with Crippen molar-refractivity contribution < 1.29 is 0 Å². The Morgan fingerprint density at radius 1 is 0.441 bits per heavy atom. The average molecular weight is 799 g/mol.